The van der Waals surface area contributed by atoms with Crippen LogP contribution in [0.3, 0.4) is 0 Å². The number of benzene rings is 1. The number of nitrogens with one attached hydrogen (secondary N) is 1. The Hall–Kier alpha value is -2.15. The summed E-state index contributed by atoms with van der Waals surface area (Å²) in [6.07, 6.45) is 6.42. The van der Waals surface area contributed by atoms with Crippen LogP contribution in [0.2, 0.25) is 0 Å². The van der Waals surface area contributed by atoms with Crippen LogP contribution >= 0.6 is 0 Å². The van der Waals surface area contributed by atoms with E-state index in [2.05, 4.69) is 14.9 Å². The zero-order valence-electron chi connectivity index (χ0n) is 13.8. The topological polar surface area (TPSA) is 81.1 Å². The summed E-state index contributed by atoms with van der Waals surface area (Å²) < 4.78 is 25.2. The maximum Gasteiger partial charge on any atom is 0.242 e. The van der Waals surface area contributed by atoms with Crippen LogP contribution in [0.25, 0.3) is 11.3 Å². The molecule has 0 radical (unpaired) electrons. The Morgan fingerprint density at radius 3 is 2.83 bits per heavy atom. The average Bonchev–Trinajstić information content (AvgIpc) is 2.97. The molecule has 0 saturated carbocycles. The second-order valence-corrected chi connectivity index (χ2v) is 8.60. The Kier molecular flexibility index (Phi) is 4.45. The predicted molar refractivity (Wildman–Crippen MR) is 93.5 cm³/mol. The second kappa shape index (κ2) is 6.39. The quantitative estimate of drug-likeness (QED) is 0.920. The van der Waals surface area contributed by atoms with Gasteiger partial charge >= 0.3 is 0 Å². The summed E-state index contributed by atoms with van der Waals surface area (Å²) in [6, 6.07) is 7.33. The van der Waals surface area contributed by atoms with E-state index in [0.29, 0.717) is 5.69 Å². The van der Waals surface area contributed by atoms with Crippen LogP contribution in [0.15, 0.2) is 30.5 Å². The van der Waals surface area contributed by atoms with Crippen molar-refractivity contribution in [1.82, 2.24) is 9.55 Å². The van der Waals surface area contributed by atoms with Crippen molar-refractivity contribution >= 4 is 21.4 Å². The van der Waals surface area contributed by atoms with Crippen LogP contribution in [-0.4, -0.2) is 35.4 Å². The number of hydrogen-bond donors (Lipinski definition) is 1. The van der Waals surface area contributed by atoms with Crippen molar-refractivity contribution < 1.29 is 13.2 Å². The minimum Gasteiger partial charge on any atom is -0.334 e. The number of carbonyl (C=O) groups excluding carboxylic acids is 1. The lowest BCUT2D eigenvalue weighted by atomic mass is 10.1. The third kappa shape index (κ3) is 3.51. The summed E-state index contributed by atoms with van der Waals surface area (Å²) in [5.74, 6) is 0.565. The van der Waals surface area contributed by atoms with E-state index in [9.17, 15) is 13.2 Å². The normalized spacial score (nSPS) is 15.6. The number of hydrogen-bond acceptors (Lipinski definition) is 4. The van der Waals surface area contributed by atoms with E-state index >= 15 is 0 Å². The van der Waals surface area contributed by atoms with Crippen LogP contribution in [-0.2, 0) is 27.6 Å². The highest BCUT2D eigenvalue weighted by Crippen LogP contribution is 2.25. The summed E-state index contributed by atoms with van der Waals surface area (Å²) >= 11 is 0. The molecule has 3 rings (SSSR count). The molecule has 2 heterocycles. The van der Waals surface area contributed by atoms with Crippen LogP contribution in [0.5, 0.6) is 0 Å². The highest BCUT2D eigenvalue weighted by Gasteiger charge is 2.23. The number of fused-ring (bicyclic) bond motifs is 1. The molecular formula is C17H21N3O3S. The first-order valence-electron chi connectivity index (χ1n) is 8.01. The summed E-state index contributed by atoms with van der Waals surface area (Å²) in [5, 5.41) is 1.59. The molecule has 0 aliphatic carbocycles. The van der Waals surface area contributed by atoms with Gasteiger partial charge in [-0.2, -0.15) is 0 Å². The van der Waals surface area contributed by atoms with Crippen molar-refractivity contribution in [2.75, 3.05) is 11.6 Å². The number of sulfone groups is 1. The van der Waals surface area contributed by atoms with Gasteiger partial charge in [0.15, 0.2) is 9.84 Å². The highest BCUT2D eigenvalue weighted by atomic mass is 32.2. The van der Waals surface area contributed by atoms with Gasteiger partial charge in [-0.15, -0.1) is 0 Å². The van der Waals surface area contributed by atoms with E-state index < -0.39 is 21.0 Å². The van der Waals surface area contributed by atoms with E-state index in [1.807, 2.05) is 24.4 Å². The minimum absolute atomic E-state index is 0.529. The molecule has 7 heteroatoms. The first-order chi connectivity index (χ1) is 11.3. The van der Waals surface area contributed by atoms with E-state index in [-0.39, 0.29) is 0 Å². The van der Waals surface area contributed by atoms with Gasteiger partial charge in [0.1, 0.15) is 11.1 Å². The molecule has 0 unspecified atom stereocenters. The van der Waals surface area contributed by atoms with Crippen LogP contribution in [0.1, 0.15) is 25.6 Å². The van der Waals surface area contributed by atoms with Gasteiger partial charge < -0.3 is 9.88 Å². The van der Waals surface area contributed by atoms with E-state index in [1.54, 1.807) is 6.07 Å². The molecule has 1 N–H and O–H groups in total. The monoisotopic (exact) mass is 347 g/mol. The lowest BCUT2D eigenvalue weighted by molar-refractivity contribution is -0.115. The fourth-order valence-electron chi connectivity index (χ4n) is 2.75. The molecule has 6 nitrogen and oxygen atoms in total. The van der Waals surface area contributed by atoms with Crippen molar-refractivity contribution in [3.63, 3.8) is 0 Å². The van der Waals surface area contributed by atoms with E-state index in [0.717, 1.165) is 42.7 Å². The largest absolute Gasteiger partial charge is 0.334 e. The molecule has 0 fully saturated rings. The summed E-state index contributed by atoms with van der Waals surface area (Å²) in [6.45, 7) is 2.38. The third-order valence-corrected chi connectivity index (χ3v) is 5.84. The molecule has 0 saturated heterocycles. The molecule has 2 aromatic rings. The van der Waals surface area contributed by atoms with Gasteiger partial charge in [0.25, 0.3) is 0 Å². The number of nitrogens with zero attached hydrogens (tertiary/aromatic N) is 2. The van der Waals surface area contributed by atoms with Gasteiger partial charge in [0.05, 0.1) is 5.69 Å². The van der Waals surface area contributed by atoms with Crippen molar-refractivity contribution in [2.45, 2.75) is 38.0 Å². The Labute approximate surface area is 141 Å². The fourth-order valence-corrected chi connectivity index (χ4v) is 3.19. The lowest BCUT2D eigenvalue weighted by Gasteiger charge is -2.11. The molecule has 1 atom stereocenters. The van der Waals surface area contributed by atoms with Gasteiger partial charge in [0, 0.05) is 36.7 Å². The molecule has 0 spiro atoms. The fraction of sp³-hybridized carbons (Fsp3) is 0.412. The first-order valence-corrected chi connectivity index (χ1v) is 9.96. The van der Waals surface area contributed by atoms with Crippen molar-refractivity contribution in [1.29, 1.82) is 0 Å². The summed E-state index contributed by atoms with van der Waals surface area (Å²) in [7, 11) is -3.41. The Balaban J connectivity index is 1.82. The van der Waals surface area contributed by atoms with Gasteiger partial charge in [-0.05, 0) is 31.9 Å². The zero-order valence-corrected chi connectivity index (χ0v) is 14.6. The standard InChI is InChI=1S/C17H21N3O3S/c1-12(24(2,22)23)17(21)18-14-7-5-6-13(10-14)15-11-20-9-4-3-8-16(20)19-15/h5-7,10-12H,3-4,8-9H2,1-2H3,(H,18,21)/t12-/m1/s1. The van der Waals surface area contributed by atoms with Gasteiger partial charge in [-0.1, -0.05) is 12.1 Å². The molecule has 1 aliphatic rings. The SMILES string of the molecule is C[C@H](C(=O)Nc1cccc(-c2cn3c(n2)CCCC3)c1)S(C)(=O)=O. The molecule has 1 aromatic heterocycles. The van der Waals surface area contributed by atoms with Crippen molar-refractivity contribution in [2.24, 2.45) is 0 Å². The maximum atomic E-state index is 12.1. The Morgan fingerprint density at radius 1 is 1.33 bits per heavy atom. The number of imidazole rings is 1. The average molecular weight is 347 g/mol. The number of amides is 1. The second-order valence-electron chi connectivity index (χ2n) is 6.23. The molecular weight excluding hydrogens is 326 g/mol. The summed E-state index contributed by atoms with van der Waals surface area (Å²) in [4.78, 5) is 16.7. The number of rotatable bonds is 4. The number of aromatic nitrogens is 2. The van der Waals surface area contributed by atoms with Gasteiger partial charge in [-0.25, -0.2) is 13.4 Å². The number of carbonyl (C=O) groups is 1. The number of aryl methyl sites for hydroxylation is 2. The van der Waals surface area contributed by atoms with Crippen LogP contribution < -0.4 is 5.32 Å². The first kappa shape index (κ1) is 16.7. The molecule has 1 aliphatic heterocycles. The van der Waals surface area contributed by atoms with Crippen LogP contribution in [0, 0.1) is 0 Å². The third-order valence-electron chi connectivity index (χ3n) is 4.35. The molecule has 24 heavy (non-hydrogen) atoms. The summed E-state index contributed by atoms with van der Waals surface area (Å²) in [5.41, 5.74) is 2.35. The molecule has 1 amide bonds. The van der Waals surface area contributed by atoms with Gasteiger partial charge in [0.2, 0.25) is 5.91 Å². The minimum atomic E-state index is -3.41. The lowest BCUT2D eigenvalue weighted by Crippen LogP contribution is -2.31. The molecule has 128 valence electrons. The van der Waals surface area contributed by atoms with Crippen molar-refractivity contribution in [3.05, 3.63) is 36.3 Å². The van der Waals surface area contributed by atoms with E-state index in [1.165, 1.54) is 13.3 Å². The zero-order chi connectivity index (χ0) is 17.3. The van der Waals surface area contributed by atoms with Crippen LogP contribution in [0.4, 0.5) is 5.69 Å². The van der Waals surface area contributed by atoms with Crippen molar-refractivity contribution in [3.8, 4) is 11.3 Å². The Morgan fingerprint density at radius 2 is 2.12 bits per heavy atom. The maximum absolute atomic E-state index is 12.1. The smallest absolute Gasteiger partial charge is 0.242 e. The number of anilines is 1. The Bertz CT molecular complexity index is 847. The van der Waals surface area contributed by atoms with E-state index in [4.69, 9.17) is 0 Å². The molecule has 0 bridgehead atoms. The highest BCUT2D eigenvalue weighted by molar-refractivity contribution is 7.92. The van der Waals surface area contributed by atoms with Gasteiger partial charge in [-0.3, -0.25) is 4.79 Å². The predicted octanol–water partition coefficient (Wildman–Crippen LogP) is 2.26. The molecule has 1 aromatic carbocycles.